The van der Waals surface area contributed by atoms with Gasteiger partial charge in [-0.3, -0.25) is 14.4 Å². The number of carbonyl (C=O) groups excluding carboxylic acids is 1. The fraction of sp³-hybridized carbons (Fsp3) is 0.342. The van der Waals surface area contributed by atoms with E-state index in [1.807, 2.05) is 19.9 Å². The van der Waals surface area contributed by atoms with Crippen molar-refractivity contribution in [2.45, 2.75) is 51.4 Å². The van der Waals surface area contributed by atoms with Crippen LogP contribution in [0.5, 0.6) is 5.75 Å². The molecule has 52 heavy (non-hydrogen) atoms. The van der Waals surface area contributed by atoms with Crippen LogP contribution in [-0.4, -0.2) is 76.9 Å². The summed E-state index contributed by atoms with van der Waals surface area (Å²) in [5.74, 6) is -2.95. The Morgan fingerprint density at radius 1 is 1.06 bits per heavy atom. The zero-order chi connectivity index (χ0) is 37.0. The van der Waals surface area contributed by atoms with Crippen LogP contribution in [0.2, 0.25) is 0 Å². The fourth-order valence-corrected chi connectivity index (χ4v) is 8.21. The highest BCUT2D eigenvalue weighted by atomic mass is 32.1. The van der Waals surface area contributed by atoms with Gasteiger partial charge in [-0.2, -0.15) is 5.10 Å². The molecule has 2 aliphatic rings. The number of aromatic nitrogens is 3. The molecule has 272 valence electrons. The van der Waals surface area contributed by atoms with Gasteiger partial charge < -0.3 is 14.4 Å². The first kappa shape index (κ1) is 35.7. The van der Waals surface area contributed by atoms with E-state index in [-0.39, 0.29) is 71.8 Å². The van der Waals surface area contributed by atoms with Crippen LogP contribution in [0, 0.1) is 17.5 Å². The lowest BCUT2D eigenvalue weighted by Crippen LogP contribution is -2.42. The predicted octanol–water partition coefficient (Wildman–Crippen LogP) is 8.21. The summed E-state index contributed by atoms with van der Waals surface area (Å²) in [5.41, 5.74) is 3.48. The molecular formula is C38H36F5N5O3S. The molecule has 1 amide bonds. The van der Waals surface area contributed by atoms with E-state index in [0.29, 0.717) is 34.3 Å². The van der Waals surface area contributed by atoms with Crippen LogP contribution in [0.25, 0.3) is 43.9 Å². The van der Waals surface area contributed by atoms with Gasteiger partial charge in [0.2, 0.25) is 5.91 Å². The first-order valence-corrected chi connectivity index (χ1v) is 17.6. The second-order valence-corrected chi connectivity index (χ2v) is 14.1. The van der Waals surface area contributed by atoms with Crippen molar-refractivity contribution >= 4 is 27.3 Å². The van der Waals surface area contributed by atoms with E-state index in [9.17, 15) is 18.0 Å². The highest BCUT2D eigenvalue weighted by molar-refractivity contribution is 7.17. The molecule has 0 bridgehead atoms. The third kappa shape index (κ3) is 6.16. The quantitative estimate of drug-likeness (QED) is 0.0863. The van der Waals surface area contributed by atoms with Crippen LogP contribution < -0.4 is 4.74 Å². The molecule has 2 aliphatic heterocycles. The molecule has 2 aromatic carbocycles. The summed E-state index contributed by atoms with van der Waals surface area (Å²) in [5, 5.41) is 6.25. The normalized spacial score (nSPS) is 18.9. The molecule has 8 nitrogen and oxygen atoms in total. The monoisotopic (exact) mass is 737 g/mol. The number of nitrogens with zero attached hydrogens (tertiary/aromatic N) is 5. The maximum atomic E-state index is 16.3. The van der Waals surface area contributed by atoms with Crippen molar-refractivity contribution in [3.63, 3.8) is 0 Å². The van der Waals surface area contributed by atoms with Crippen LogP contribution in [0.3, 0.4) is 0 Å². The topological polar surface area (TPSA) is 72.7 Å². The van der Waals surface area contributed by atoms with Crippen LogP contribution >= 0.6 is 11.3 Å². The number of fused-ring (bicyclic) bond motifs is 3. The van der Waals surface area contributed by atoms with Gasteiger partial charge in [-0.1, -0.05) is 18.7 Å². The van der Waals surface area contributed by atoms with E-state index >= 15 is 8.78 Å². The molecule has 0 fully saturated rings. The summed E-state index contributed by atoms with van der Waals surface area (Å²) in [7, 11) is 3.11. The molecule has 0 saturated carbocycles. The Morgan fingerprint density at radius 3 is 2.58 bits per heavy atom. The van der Waals surface area contributed by atoms with Gasteiger partial charge in [0.15, 0.2) is 0 Å². The highest BCUT2D eigenvalue weighted by Crippen LogP contribution is 2.48. The van der Waals surface area contributed by atoms with Crippen molar-refractivity contribution in [1.82, 2.24) is 24.6 Å². The summed E-state index contributed by atoms with van der Waals surface area (Å²) in [4.78, 5) is 21.2. The van der Waals surface area contributed by atoms with Crippen molar-refractivity contribution in [3.8, 4) is 39.5 Å². The van der Waals surface area contributed by atoms with Gasteiger partial charge in [-0.05, 0) is 56.7 Å². The number of halogens is 5. The molecule has 3 aromatic heterocycles. The van der Waals surface area contributed by atoms with E-state index in [2.05, 4.69) is 6.58 Å². The summed E-state index contributed by atoms with van der Waals surface area (Å²) in [6.45, 7) is 8.10. The number of thiophene rings is 1. The Hall–Kier alpha value is -4.66. The van der Waals surface area contributed by atoms with E-state index in [4.69, 9.17) is 19.6 Å². The zero-order valence-corrected chi connectivity index (χ0v) is 29.7. The number of carbonyl (C=O) groups is 1. The summed E-state index contributed by atoms with van der Waals surface area (Å²) in [6.07, 6.45) is -1.09. The number of methoxy groups -OCH3 is 1. The maximum Gasteiger partial charge on any atom is 0.254 e. The van der Waals surface area contributed by atoms with Gasteiger partial charge in [0.05, 0.1) is 46.4 Å². The van der Waals surface area contributed by atoms with Crippen LogP contribution in [0.1, 0.15) is 42.8 Å². The van der Waals surface area contributed by atoms with Crippen molar-refractivity contribution in [2.24, 2.45) is 0 Å². The molecule has 0 N–H and O–H groups in total. The molecular weight excluding hydrogens is 702 g/mol. The minimum absolute atomic E-state index is 0.0228. The molecule has 0 spiro atoms. The molecule has 0 radical (unpaired) electrons. The number of ether oxygens (including phenoxy) is 2. The highest BCUT2D eigenvalue weighted by Gasteiger charge is 2.35. The minimum atomic E-state index is -2.51. The standard InChI is InChI=1S/C38H36F5N5O3S/c1-6-31(49)47-16-19(2)48-28(20(47)3)15-27(45-48)36-34(32-25(40)13-24(39)14-30(32)51-10-9-50-5)33-26(41)18-52-37(33)35(44-36)22-8-7-21-12-29(38(42)43)46(4)17-23(21)11-22/h6-8,11,13-15,18-20,29,38H,1,9-10,12,16-17H2,2-5H3/t19-,20+,29+/m0/s1. The molecule has 7 rings (SSSR count). The fourth-order valence-electron chi connectivity index (χ4n) is 7.28. The van der Waals surface area contributed by atoms with Gasteiger partial charge in [0.1, 0.15) is 41.2 Å². The third-order valence-electron chi connectivity index (χ3n) is 9.91. The van der Waals surface area contributed by atoms with E-state index in [0.717, 1.165) is 28.5 Å². The van der Waals surface area contributed by atoms with Gasteiger partial charge in [-0.15, -0.1) is 11.3 Å². The number of pyridine rings is 1. The average Bonchev–Trinajstić information content (AvgIpc) is 3.73. The Morgan fingerprint density at radius 2 is 1.85 bits per heavy atom. The molecule has 14 heteroatoms. The van der Waals surface area contributed by atoms with Crippen molar-refractivity contribution in [1.29, 1.82) is 0 Å². The first-order chi connectivity index (χ1) is 24.9. The molecule has 5 aromatic rings. The summed E-state index contributed by atoms with van der Waals surface area (Å²) >= 11 is 1.08. The third-order valence-corrected chi connectivity index (χ3v) is 10.9. The number of hydrogen-bond acceptors (Lipinski definition) is 7. The molecule has 5 heterocycles. The van der Waals surface area contributed by atoms with Gasteiger partial charge in [-0.25, -0.2) is 26.9 Å². The SMILES string of the molecule is C=CC(=O)N1C[C@H](C)n2nc(-c3nc(-c4ccc5c(c4)CN(C)[C@@H](C(F)F)C5)c4scc(F)c4c3-c3c(F)cc(F)cc3OCCOC)cc2[C@H]1C. The Bertz CT molecular complexity index is 2200. The lowest BCUT2D eigenvalue weighted by Gasteiger charge is -2.36. The molecule has 0 unspecified atom stereocenters. The Kier molecular flexibility index (Phi) is 9.65. The largest absolute Gasteiger partial charge is 0.490 e. The first-order valence-electron chi connectivity index (χ1n) is 16.8. The number of likely N-dealkylation sites (N-methyl/N-ethyl adjacent to an activating group) is 1. The van der Waals surface area contributed by atoms with Crippen molar-refractivity contribution < 1.29 is 36.2 Å². The molecule has 0 saturated heterocycles. The van der Waals surface area contributed by atoms with Gasteiger partial charge >= 0.3 is 0 Å². The Balaban J connectivity index is 1.50. The number of alkyl halides is 2. The van der Waals surface area contributed by atoms with Crippen molar-refractivity contribution in [2.75, 3.05) is 33.9 Å². The second-order valence-electron chi connectivity index (χ2n) is 13.2. The average molecular weight is 738 g/mol. The van der Waals surface area contributed by atoms with E-state index in [1.54, 1.807) is 39.7 Å². The van der Waals surface area contributed by atoms with Crippen LogP contribution in [-0.2, 0) is 22.5 Å². The minimum Gasteiger partial charge on any atom is -0.490 e. The zero-order valence-electron chi connectivity index (χ0n) is 28.9. The molecule has 0 aliphatic carbocycles. The lowest BCUT2D eigenvalue weighted by molar-refractivity contribution is -0.129. The van der Waals surface area contributed by atoms with Gasteiger partial charge in [0, 0.05) is 54.2 Å². The number of benzene rings is 2. The smallest absolute Gasteiger partial charge is 0.254 e. The van der Waals surface area contributed by atoms with Crippen molar-refractivity contribution in [3.05, 3.63) is 88.7 Å². The lowest BCUT2D eigenvalue weighted by atomic mass is 9.91. The second kappa shape index (κ2) is 14.1. The molecule has 3 atom stereocenters. The van der Waals surface area contributed by atoms with E-state index < -0.39 is 36.0 Å². The summed E-state index contributed by atoms with van der Waals surface area (Å²) < 4.78 is 87.9. The van der Waals surface area contributed by atoms with Crippen LogP contribution in [0.4, 0.5) is 22.0 Å². The number of amides is 1. The van der Waals surface area contributed by atoms with Crippen LogP contribution in [0.15, 0.2) is 54.4 Å². The number of rotatable bonds is 9. The predicted molar refractivity (Wildman–Crippen MR) is 189 cm³/mol. The van der Waals surface area contributed by atoms with Gasteiger partial charge in [0.25, 0.3) is 6.43 Å². The number of hydrogen-bond donors (Lipinski definition) is 0. The Labute approximate surface area is 301 Å². The summed E-state index contributed by atoms with van der Waals surface area (Å²) in [6, 6.07) is 7.33. The maximum absolute atomic E-state index is 16.3. The van der Waals surface area contributed by atoms with E-state index in [1.165, 1.54) is 18.6 Å².